The second kappa shape index (κ2) is 5.73. The van der Waals surface area contributed by atoms with Gasteiger partial charge in [0.05, 0.1) is 0 Å². The summed E-state index contributed by atoms with van der Waals surface area (Å²) in [5.41, 5.74) is 1.29. The second-order valence-corrected chi connectivity index (χ2v) is 3.76. The molecule has 1 aromatic rings. The summed E-state index contributed by atoms with van der Waals surface area (Å²) in [7, 11) is 4.16. The van der Waals surface area contributed by atoms with E-state index in [0.29, 0.717) is 6.04 Å². The van der Waals surface area contributed by atoms with Crippen LogP contribution in [0.3, 0.4) is 0 Å². The first-order valence-corrected chi connectivity index (χ1v) is 4.98. The largest absolute Gasteiger partial charge is 0.309 e. The van der Waals surface area contributed by atoms with Gasteiger partial charge in [0.25, 0.3) is 0 Å². The van der Waals surface area contributed by atoms with Gasteiger partial charge >= 0.3 is 0 Å². The van der Waals surface area contributed by atoms with Crippen molar-refractivity contribution in [2.24, 2.45) is 0 Å². The van der Waals surface area contributed by atoms with Crippen molar-refractivity contribution in [3.63, 3.8) is 0 Å². The summed E-state index contributed by atoms with van der Waals surface area (Å²) in [6, 6.07) is 4.50. The van der Waals surface area contributed by atoms with Gasteiger partial charge in [-0.1, -0.05) is 0 Å². The molecular formula is C11H19N3. The highest BCUT2D eigenvalue weighted by Crippen LogP contribution is 2.09. The second-order valence-electron chi connectivity index (χ2n) is 3.76. The van der Waals surface area contributed by atoms with Gasteiger partial charge in [-0.25, -0.2) is 0 Å². The molecule has 0 radical (unpaired) electrons. The molecule has 3 heteroatoms. The van der Waals surface area contributed by atoms with Gasteiger partial charge in [0.15, 0.2) is 0 Å². The smallest absolute Gasteiger partial charge is 0.0293 e. The van der Waals surface area contributed by atoms with Crippen molar-refractivity contribution in [3.05, 3.63) is 30.1 Å². The Labute approximate surface area is 86.2 Å². The zero-order valence-corrected chi connectivity index (χ0v) is 9.20. The minimum atomic E-state index is 0.401. The zero-order chi connectivity index (χ0) is 10.4. The van der Waals surface area contributed by atoms with Crippen molar-refractivity contribution in [1.82, 2.24) is 15.2 Å². The van der Waals surface area contributed by atoms with Gasteiger partial charge in [0.2, 0.25) is 0 Å². The fraction of sp³-hybridized carbons (Fsp3) is 0.545. The van der Waals surface area contributed by atoms with Crippen LogP contribution in [0.15, 0.2) is 24.5 Å². The minimum absolute atomic E-state index is 0.401. The van der Waals surface area contributed by atoms with Gasteiger partial charge < -0.3 is 10.2 Å². The highest BCUT2D eigenvalue weighted by Gasteiger charge is 2.02. The van der Waals surface area contributed by atoms with Crippen LogP contribution in [0.5, 0.6) is 0 Å². The van der Waals surface area contributed by atoms with E-state index in [1.807, 2.05) is 24.5 Å². The van der Waals surface area contributed by atoms with Crippen molar-refractivity contribution < 1.29 is 0 Å². The van der Waals surface area contributed by atoms with Crippen LogP contribution in [0.2, 0.25) is 0 Å². The third kappa shape index (κ3) is 3.85. The van der Waals surface area contributed by atoms with Crippen LogP contribution in [-0.2, 0) is 0 Å². The summed E-state index contributed by atoms with van der Waals surface area (Å²) >= 11 is 0. The Bertz CT molecular complexity index is 246. The van der Waals surface area contributed by atoms with Gasteiger partial charge in [-0.2, -0.15) is 0 Å². The average Bonchev–Trinajstić information content (AvgIpc) is 2.18. The van der Waals surface area contributed by atoms with Crippen molar-refractivity contribution in [1.29, 1.82) is 0 Å². The van der Waals surface area contributed by atoms with Crippen LogP contribution in [0.25, 0.3) is 0 Å². The van der Waals surface area contributed by atoms with Crippen LogP contribution in [0, 0.1) is 0 Å². The number of hydrogen-bond donors (Lipinski definition) is 1. The van der Waals surface area contributed by atoms with E-state index in [0.717, 1.165) is 13.1 Å². The maximum Gasteiger partial charge on any atom is 0.0293 e. The number of nitrogens with zero attached hydrogens (tertiary/aromatic N) is 2. The lowest BCUT2D eigenvalue weighted by atomic mass is 10.1. The van der Waals surface area contributed by atoms with E-state index in [2.05, 4.69) is 36.2 Å². The molecule has 0 aliphatic carbocycles. The Hall–Kier alpha value is -0.930. The fourth-order valence-corrected chi connectivity index (χ4v) is 1.27. The normalized spacial score (nSPS) is 13.1. The van der Waals surface area contributed by atoms with Gasteiger partial charge in [0.1, 0.15) is 0 Å². The molecule has 1 atom stereocenters. The molecule has 0 amide bonds. The molecule has 14 heavy (non-hydrogen) atoms. The third-order valence-corrected chi connectivity index (χ3v) is 2.22. The van der Waals surface area contributed by atoms with Crippen molar-refractivity contribution in [2.75, 3.05) is 27.2 Å². The molecule has 0 aliphatic rings. The van der Waals surface area contributed by atoms with Crippen molar-refractivity contribution in [2.45, 2.75) is 13.0 Å². The first-order valence-electron chi connectivity index (χ1n) is 4.98. The predicted octanol–water partition coefficient (Wildman–Crippen LogP) is 1.29. The maximum atomic E-state index is 4.00. The topological polar surface area (TPSA) is 28.2 Å². The van der Waals surface area contributed by atoms with Gasteiger partial charge in [0, 0.05) is 31.5 Å². The first-order chi connectivity index (χ1) is 6.70. The molecule has 0 fully saturated rings. The zero-order valence-electron chi connectivity index (χ0n) is 9.20. The van der Waals surface area contributed by atoms with Crippen LogP contribution in [0.4, 0.5) is 0 Å². The molecule has 0 unspecified atom stereocenters. The van der Waals surface area contributed by atoms with E-state index in [9.17, 15) is 0 Å². The lowest BCUT2D eigenvalue weighted by Gasteiger charge is -2.16. The van der Waals surface area contributed by atoms with Gasteiger partial charge in [-0.3, -0.25) is 4.98 Å². The highest BCUT2D eigenvalue weighted by molar-refractivity contribution is 5.13. The molecule has 1 aromatic heterocycles. The summed E-state index contributed by atoms with van der Waals surface area (Å²) in [6.07, 6.45) is 3.67. The molecule has 0 spiro atoms. The number of hydrogen-bond acceptors (Lipinski definition) is 3. The number of nitrogens with one attached hydrogen (secondary N) is 1. The van der Waals surface area contributed by atoms with E-state index in [1.165, 1.54) is 5.56 Å². The lowest BCUT2D eigenvalue weighted by Crippen LogP contribution is -2.28. The summed E-state index contributed by atoms with van der Waals surface area (Å²) < 4.78 is 0. The molecule has 0 saturated carbocycles. The quantitative estimate of drug-likeness (QED) is 0.764. The van der Waals surface area contributed by atoms with Crippen LogP contribution >= 0.6 is 0 Å². The minimum Gasteiger partial charge on any atom is -0.309 e. The summed E-state index contributed by atoms with van der Waals surface area (Å²) in [4.78, 5) is 6.17. The van der Waals surface area contributed by atoms with E-state index in [-0.39, 0.29) is 0 Å². The predicted molar refractivity (Wildman–Crippen MR) is 59.2 cm³/mol. The number of likely N-dealkylation sites (N-methyl/N-ethyl adjacent to an activating group) is 1. The molecule has 0 aromatic carbocycles. The summed E-state index contributed by atoms with van der Waals surface area (Å²) in [5, 5.41) is 3.46. The van der Waals surface area contributed by atoms with Gasteiger partial charge in [-0.15, -0.1) is 0 Å². The molecule has 3 nitrogen and oxygen atoms in total. The number of pyridine rings is 1. The molecule has 0 saturated heterocycles. The van der Waals surface area contributed by atoms with E-state index >= 15 is 0 Å². The lowest BCUT2D eigenvalue weighted by molar-refractivity contribution is 0.389. The monoisotopic (exact) mass is 193 g/mol. The standard InChI is InChI=1S/C11H19N3/c1-10(13-8-9-14(2)3)11-4-6-12-7-5-11/h4-7,10,13H,8-9H2,1-3H3/t10-/m0/s1. The Morgan fingerprint density at radius 2 is 2.00 bits per heavy atom. The van der Waals surface area contributed by atoms with Crippen LogP contribution in [-0.4, -0.2) is 37.1 Å². The molecule has 78 valence electrons. The maximum absolute atomic E-state index is 4.00. The molecular weight excluding hydrogens is 174 g/mol. The summed E-state index contributed by atoms with van der Waals surface area (Å²) in [6.45, 7) is 4.25. The molecule has 1 rings (SSSR count). The fourth-order valence-electron chi connectivity index (χ4n) is 1.27. The molecule has 1 N–H and O–H groups in total. The Morgan fingerprint density at radius 1 is 1.36 bits per heavy atom. The number of rotatable bonds is 5. The van der Waals surface area contributed by atoms with E-state index < -0.39 is 0 Å². The van der Waals surface area contributed by atoms with E-state index in [4.69, 9.17) is 0 Å². The van der Waals surface area contributed by atoms with Gasteiger partial charge in [-0.05, 0) is 38.7 Å². The third-order valence-electron chi connectivity index (χ3n) is 2.22. The van der Waals surface area contributed by atoms with E-state index in [1.54, 1.807) is 0 Å². The molecule has 1 heterocycles. The Morgan fingerprint density at radius 3 is 2.57 bits per heavy atom. The Balaban J connectivity index is 2.32. The number of aromatic nitrogens is 1. The summed E-state index contributed by atoms with van der Waals surface area (Å²) in [5.74, 6) is 0. The van der Waals surface area contributed by atoms with Crippen molar-refractivity contribution in [3.8, 4) is 0 Å². The first kappa shape index (κ1) is 11.1. The average molecular weight is 193 g/mol. The molecule has 0 aliphatic heterocycles. The van der Waals surface area contributed by atoms with Crippen LogP contribution in [0.1, 0.15) is 18.5 Å². The SMILES string of the molecule is C[C@H](NCCN(C)C)c1ccncc1. The Kier molecular flexibility index (Phi) is 4.56. The molecule has 0 bridgehead atoms. The van der Waals surface area contributed by atoms with Crippen molar-refractivity contribution >= 4 is 0 Å². The highest BCUT2D eigenvalue weighted by atomic mass is 15.1. The van der Waals surface area contributed by atoms with Crippen LogP contribution < -0.4 is 5.32 Å².